The van der Waals surface area contributed by atoms with Crippen molar-refractivity contribution in [3.63, 3.8) is 0 Å². The number of nitrogens with zero attached hydrogens (tertiary/aromatic N) is 1. The van der Waals surface area contributed by atoms with Crippen LogP contribution in [0.1, 0.15) is 46.6 Å². The van der Waals surface area contributed by atoms with E-state index in [1.807, 2.05) is 24.0 Å². The van der Waals surface area contributed by atoms with Crippen LogP contribution in [-0.2, 0) is 30.3 Å². The summed E-state index contributed by atoms with van der Waals surface area (Å²) in [5, 5.41) is 3.24. The van der Waals surface area contributed by atoms with Crippen molar-refractivity contribution >= 4 is 38.8 Å². The number of ether oxygens (including phenoxy) is 2. The first kappa shape index (κ1) is 30.6. The van der Waals surface area contributed by atoms with E-state index in [-0.39, 0.29) is 33.7 Å². The first-order chi connectivity index (χ1) is 16.3. The third kappa shape index (κ3) is 9.99. The average Bonchev–Trinajstić information content (AvgIpc) is 2.78. The number of methoxy groups -OCH3 is 1. The van der Waals surface area contributed by atoms with Gasteiger partial charge < -0.3 is 0 Å². The van der Waals surface area contributed by atoms with E-state index in [4.69, 9.17) is 15.2 Å². The van der Waals surface area contributed by atoms with Gasteiger partial charge in [-0.15, -0.1) is 0 Å². The second-order valence-corrected chi connectivity index (χ2v) is 11.6. The van der Waals surface area contributed by atoms with E-state index in [0.29, 0.717) is 5.32 Å². The minimum absolute atomic E-state index is 0.0885. The summed E-state index contributed by atoms with van der Waals surface area (Å²) < 4.78 is 10.3. The van der Waals surface area contributed by atoms with Crippen LogP contribution in [0.5, 0.6) is 0 Å². The second-order valence-electron chi connectivity index (χ2n) is 9.53. The Bertz CT molecular complexity index is 857. The summed E-state index contributed by atoms with van der Waals surface area (Å²) in [4.78, 5) is 53.6. The summed E-state index contributed by atoms with van der Waals surface area (Å²) in [5.41, 5.74) is 6.10. The van der Waals surface area contributed by atoms with Crippen LogP contribution in [0, 0.1) is 5.92 Å². The number of carbonyl (C=O) groups is 4. The zero-order valence-corrected chi connectivity index (χ0v) is 23.4. The Hall–Kier alpha value is -2.42. The predicted molar refractivity (Wildman–Crippen MR) is 135 cm³/mol. The van der Waals surface area contributed by atoms with E-state index in [1.54, 1.807) is 46.8 Å². The number of alkyl carbamates (subject to hydrolysis) is 1. The SMILES string of the molecule is COC(=O)[C@H](CC[Se]C)N(C(=O)[C@H](Cc1ccccc1)NC(=O)OC(C)(C)C)C(=O)[C@@H](N)C(C)C. The van der Waals surface area contributed by atoms with Crippen LogP contribution in [0.15, 0.2) is 30.3 Å². The van der Waals surface area contributed by atoms with E-state index in [1.165, 1.54) is 7.11 Å². The molecular weight excluding hydrogens is 517 g/mol. The first-order valence-corrected chi connectivity index (χ1v) is 14.5. The number of imide groups is 1. The van der Waals surface area contributed by atoms with Gasteiger partial charge in [-0.1, -0.05) is 0 Å². The van der Waals surface area contributed by atoms with Gasteiger partial charge in [0.15, 0.2) is 0 Å². The molecule has 1 rings (SSSR count). The second kappa shape index (κ2) is 14.2. The van der Waals surface area contributed by atoms with Gasteiger partial charge in [-0.25, -0.2) is 0 Å². The molecule has 196 valence electrons. The Balaban J connectivity index is 3.49. The predicted octanol–water partition coefficient (Wildman–Crippen LogP) is 2.56. The monoisotopic (exact) mass is 557 g/mol. The molecule has 9 nitrogen and oxygen atoms in total. The van der Waals surface area contributed by atoms with Crippen LogP contribution in [0.25, 0.3) is 0 Å². The van der Waals surface area contributed by atoms with E-state index < -0.39 is 47.6 Å². The van der Waals surface area contributed by atoms with Crippen LogP contribution < -0.4 is 11.1 Å². The van der Waals surface area contributed by atoms with E-state index in [9.17, 15) is 19.2 Å². The molecule has 1 aromatic rings. The molecule has 10 heteroatoms. The Morgan fingerprint density at radius 1 is 1.09 bits per heavy atom. The quantitative estimate of drug-likeness (QED) is 0.317. The normalized spacial score (nSPS) is 14.0. The van der Waals surface area contributed by atoms with Gasteiger partial charge in [0, 0.05) is 0 Å². The average molecular weight is 557 g/mol. The van der Waals surface area contributed by atoms with Crippen LogP contribution in [0.2, 0.25) is 11.1 Å². The van der Waals surface area contributed by atoms with Crippen molar-refractivity contribution in [3.05, 3.63) is 35.9 Å². The molecule has 0 aromatic heterocycles. The third-order valence-corrected chi connectivity index (χ3v) is 6.48. The fourth-order valence-electron chi connectivity index (χ4n) is 3.25. The van der Waals surface area contributed by atoms with E-state index in [2.05, 4.69) is 5.32 Å². The first-order valence-electron chi connectivity index (χ1n) is 11.5. The number of nitrogens with two attached hydrogens (primary N) is 1. The minimum atomic E-state index is -1.17. The summed E-state index contributed by atoms with van der Waals surface area (Å²) in [6.45, 7) is 8.63. The molecule has 3 N–H and O–H groups in total. The molecule has 0 spiro atoms. The number of hydrogen-bond acceptors (Lipinski definition) is 7. The van der Waals surface area contributed by atoms with Crippen LogP contribution >= 0.6 is 0 Å². The van der Waals surface area contributed by atoms with Crippen molar-refractivity contribution < 1.29 is 28.7 Å². The molecule has 0 bridgehead atoms. The molecule has 0 aliphatic heterocycles. The van der Waals surface area contributed by atoms with Gasteiger partial charge in [0.1, 0.15) is 0 Å². The van der Waals surface area contributed by atoms with Gasteiger partial charge in [0.05, 0.1) is 0 Å². The van der Waals surface area contributed by atoms with Crippen molar-refractivity contribution in [2.75, 3.05) is 7.11 Å². The summed E-state index contributed by atoms with van der Waals surface area (Å²) in [5.74, 6) is -0.411. The van der Waals surface area contributed by atoms with Gasteiger partial charge in [-0.3, -0.25) is 0 Å². The van der Waals surface area contributed by atoms with Gasteiger partial charge in [-0.05, 0) is 0 Å². The van der Waals surface area contributed by atoms with Crippen LogP contribution in [-0.4, -0.2) is 74.6 Å². The zero-order chi connectivity index (χ0) is 26.8. The summed E-state index contributed by atoms with van der Waals surface area (Å²) >= 11 is 0.197. The van der Waals surface area contributed by atoms with Gasteiger partial charge >= 0.3 is 215 Å². The molecule has 1 aromatic carbocycles. The number of amides is 3. The van der Waals surface area contributed by atoms with Crippen molar-refractivity contribution in [2.24, 2.45) is 11.7 Å². The van der Waals surface area contributed by atoms with E-state index >= 15 is 0 Å². The fourth-order valence-corrected chi connectivity index (χ4v) is 4.21. The van der Waals surface area contributed by atoms with Crippen molar-refractivity contribution in [1.29, 1.82) is 0 Å². The molecule has 35 heavy (non-hydrogen) atoms. The maximum atomic E-state index is 13.9. The van der Waals surface area contributed by atoms with Gasteiger partial charge in [-0.2, -0.15) is 0 Å². The standard InChI is InChI=1S/C25H39N3O6Se/c1-16(2)20(26)22(30)28(19(13-14-35-7)23(31)33-6)21(29)18(15-17-11-9-8-10-12-17)27-24(32)34-25(3,4)5/h8-12,16,18-20H,13-15,26H2,1-7H3,(H,27,32)/t18-,19-,20-/m0/s1. The zero-order valence-electron chi connectivity index (χ0n) is 21.7. The summed E-state index contributed by atoms with van der Waals surface area (Å²) in [7, 11) is 1.21. The molecular formula is C25H39N3O6Se. The summed E-state index contributed by atoms with van der Waals surface area (Å²) in [6.07, 6.45) is -0.472. The number of rotatable bonds is 11. The molecule has 3 amide bonds. The number of benzene rings is 1. The van der Waals surface area contributed by atoms with Crippen LogP contribution in [0.4, 0.5) is 4.79 Å². The Labute approximate surface area is 214 Å². The summed E-state index contributed by atoms with van der Waals surface area (Å²) in [6, 6.07) is 5.72. The molecule has 0 radical (unpaired) electrons. The third-order valence-electron chi connectivity index (χ3n) is 5.13. The molecule has 0 saturated heterocycles. The Kier molecular flexibility index (Phi) is 12.4. The van der Waals surface area contributed by atoms with Crippen molar-refractivity contribution in [3.8, 4) is 0 Å². The van der Waals surface area contributed by atoms with Crippen molar-refractivity contribution in [2.45, 2.75) is 82.3 Å². The van der Waals surface area contributed by atoms with Crippen LogP contribution in [0.3, 0.4) is 0 Å². The Morgan fingerprint density at radius 3 is 2.17 bits per heavy atom. The molecule has 0 aliphatic rings. The van der Waals surface area contributed by atoms with Gasteiger partial charge in [0.25, 0.3) is 0 Å². The number of hydrogen-bond donors (Lipinski definition) is 2. The topological polar surface area (TPSA) is 128 Å². The maximum absolute atomic E-state index is 13.9. The fraction of sp³-hybridized carbons (Fsp3) is 0.600. The molecule has 3 atom stereocenters. The number of carbonyl (C=O) groups excluding carboxylic acids is 4. The van der Waals surface area contributed by atoms with E-state index in [0.717, 1.165) is 10.5 Å². The number of esters is 1. The molecule has 0 saturated carbocycles. The molecule has 0 fully saturated rings. The molecule has 0 heterocycles. The molecule has 0 unspecified atom stereocenters. The number of nitrogens with one attached hydrogen (secondary N) is 1. The van der Waals surface area contributed by atoms with Gasteiger partial charge in [0.2, 0.25) is 0 Å². The Morgan fingerprint density at radius 2 is 1.69 bits per heavy atom. The van der Waals surface area contributed by atoms with Crippen molar-refractivity contribution in [1.82, 2.24) is 10.2 Å². The molecule has 0 aliphatic carbocycles.